The lowest BCUT2D eigenvalue weighted by molar-refractivity contribution is -0.189. The summed E-state index contributed by atoms with van der Waals surface area (Å²) in [5, 5.41) is 0. The minimum atomic E-state index is -4.43. The van der Waals surface area contributed by atoms with E-state index in [0.29, 0.717) is 6.42 Å². The van der Waals surface area contributed by atoms with Crippen molar-refractivity contribution in [3.05, 3.63) is 0 Å². The normalized spacial score (nSPS) is 15.6. The minimum absolute atomic E-state index is 0.186. The second-order valence-electron chi connectivity index (χ2n) is 4.60. The molecule has 1 amide bonds. The van der Waals surface area contributed by atoms with Crippen molar-refractivity contribution in [2.24, 2.45) is 5.73 Å². The first-order chi connectivity index (χ1) is 8.11. The van der Waals surface area contributed by atoms with Crippen molar-refractivity contribution in [3.8, 4) is 0 Å². The number of nitrogens with zero attached hydrogens (tertiary/aromatic N) is 2. The lowest BCUT2D eigenvalue weighted by atomic mass is 10.1. The van der Waals surface area contributed by atoms with Gasteiger partial charge in [0.2, 0.25) is 5.91 Å². The van der Waals surface area contributed by atoms with Crippen LogP contribution in [0.1, 0.15) is 20.3 Å². The average molecular weight is 269 g/mol. The van der Waals surface area contributed by atoms with Gasteiger partial charge in [-0.05, 0) is 19.9 Å². The molecule has 0 aromatic heterocycles. The maximum absolute atomic E-state index is 12.9. The third-order valence-electron chi connectivity index (χ3n) is 2.57. The molecule has 0 aliphatic rings. The number of nitrogens with two attached hydrogens (primary N) is 1. The van der Waals surface area contributed by atoms with Crippen LogP contribution in [0.3, 0.4) is 0 Å². The summed E-state index contributed by atoms with van der Waals surface area (Å²) in [6.45, 7) is 2.99. The fraction of sp³-hybridized carbons (Fsp3) is 0.909. The molecule has 108 valence electrons. The van der Waals surface area contributed by atoms with Crippen LogP contribution in [-0.2, 0) is 4.79 Å². The van der Waals surface area contributed by atoms with E-state index in [-0.39, 0.29) is 19.0 Å². The van der Waals surface area contributed by atoms with E-state index >= 15 is 0 Å². The predicted octanol–water partition coefficient (Wildman–Crippen LogP) is 1.06. The van der Waals surface area contributed by atoms with Gasteiger partial charge in [0.15, 0.2) is 0 Å². The molecule has 7 heteroatoms. The number of amides is 1. The number of alkyl halides is 3. The number of rotatable bonds is 6. The Bertz CT molecular complexity index is 267. The Morgan fingerprint density at radius 2 is 1.83 bits per heavy atom. The molecular formula is C11H22F3N3O. The molecule has 4 nitrogen and oxygen atoms in total. The molecule has 0 spiro atoms. The Hall–Kier alpha value is -0.820. The molecule has 0 bridgehead atoms. The van der Waals surface area contributed by atoms with Gasteiger partial charge in [0, 0.05) is 20.1 Å². The van der Waals surface area contributed by atoms with Gasteiger partial charge in [-0.3, -0.25) is 9.69 Å². The molecule has 2 atom stereocenters. The highest BCUT2D eigenvalue weighted by Gasteiger charge is 2.46. The van der Waals surface area contributed by atoms with Crippen LogP contribution in [-0.4, -0.2) is 61.2 Å². The second-order valence-corrected chi connectivity index (χ2v) is 4.60. The van der Waals surface area contributed by atoms with Crippen LogP contribution in [0.5, 0.6) is 0 Å². The van der Waals surface area contributed by atoms with Gasteiger partial charge >= 0.3 is 6.18 Å². The third kappa shape index (κ3) is 5.22. The van der Waals surface area contributed by atoms with Crippen molar-refractivity contribution in [1.29, 1.82) is 0 Å². The molecule has 0 heterocycles. The Kier molecular flexibility index (Phi) is 6.62. The highest BCUT2D eigenvalue weighted by atomic mass is 19.4. The predicted molar refractivity (Wildman–Crippen MR) is 64.1 cm³/mol. The van der Waals surface area contributed by atoms with Crippen molar-refractivity contribution in [3.63, 3.8) is 0 Å². The second kappa shape index (κ2) is 6.94. The quantitative estimate of drug-likeness (QED) is 0.784. The third-order valence-corrected chi connectivity index (χ3v) is 2.57. The number of likely N-dealkylation sites (N-methyl/N-ethyl adjacent to an activating group) is 1. The van der Waals surface area contributed by atoms with Crippen molar-refractivity contribution in [2.75, 3.05) is 27.2 Å². The van der Waals surface area contributed by atoms with Crippen LogP contribution in [0.4, 0.5) is 13.2 Å². The fourth-order valence-corrected chi connectivity index (χ4v) is 1.76. The molecule has 0 aliphatic carbocycles. The van der Waals surface area contributed by atoms with Gasteiger partial charge in [-0.1, -0.05) is 6.92 Å². The maximum atomic E-state index is 12.9. The maximum Gasteiger partial charge on any atom is 0.405 e. The summed E-state index contributed by atoms with van der Waals surface area (Å²) in [6.07, 6.45) is -3.91. The molecule has 0 saturated carbocycles. The van der Waals surface area contributed by atoms with Gasteiger partial charge in [0.05, 0.1) is 6.54 Å². The Labute approximate surface area is 106 Å². The Morgan fingerprint density at radius 3 is 2.11 bits per heavy atom. The number of carbonyl (C=O) groups is 1. The standard InChI is InChI=1S/C11H22F3N3O/c1-5-6-17(7-9(18)16(3)4)10(8(2)15)11(12,13)14/h8,10H,5-7,15H2,1-4H3. The van der Waals surface area contributed by atoms with Crippen molar-refractivity contribution < 1.29 is 18.0 Å². The van der Waals surface area contributed by atoms with E-state index in [1.54, 1.807) is 6.92 Å². The summed E-state index contributed by atoms with van der Waals surface area (Å²) in [7, 11) is 3.03. The van der Waals surface area contributed by atoms with Crippen molar-refractivity contribution in [2.45, 2.75) is 38.5 Å². The van der Waals surface area contributed by atoms with Gasteiger partial charge in [-0.15, -0.1) is 0 Å². The lowest BCUT2D eigenvalue weighted by Gasteiger charge is -2.35. The van der Waals surface area contributed by atoms with E-state index in [0.717, 1.165) is 4.90 Å². The van der Waals surface area contributed by atoms with Crippen LogP contribution in [0, 0.1) is 0 Å². The number of halogens is 3. The molecule has 18 heavy (non-hydrogen) atoms. The van der Waals surface area contributed by atoms with Gasteiger partial charge in [-0.25, -0.2) is 0 Å². The summed E-state index contributed by atoms with van der Waals surface area (Å²) in [4.78, 5) is 13.9. The van der Waals surface area contributed by atoms with Crippen molar-refractivity contribution in [1.82, 2.24) is 9.80 Å². The highest BCUT2D eigenvalue weighted by molar-refractivity contribution is 5.77. The van der Waals surface area contributed by atoms with E-state index in [1.807, 2.05) is 0 Å². The summed E-state index contributed by atoms with van der Waals surface area (Å²) in [5.74, 6) is -0.363. The van der Waals surface area contributed by atoms with Crippen LogP contribution < -0.4 is 5.73 Å². The molecule has 0 rings (SSSR count). The molecule has 2 N–H and O–H groups in total. The molecule has 2 unspecified atom stereocenters. The first kappa shape index (κ1) is 17.2. The summed E-state index contributed by atoms with van der Waals surface area (Å²) in [5.41, 5.74) is 5.42. The molecule has 0 aliphatic heterocycles. The highest BCUT2D eigenvalue weighted by Crippen LogP contribution is 2.27. The zero-order valence-electron chi connectivity index (χ0n) is 11.3. The van der Waals surface area contributed by atoms with E-state index in [9.17, 15) is 18.0 Å². The Morgan fingerprint density at radius 1 is 1.33 bits per heavy atom. The lowest BCUT2D eigenvalue weighted by Crippen LogP contribution is -2.57. The molecule has 0 radical (unpaired) electrons. The largest absolute Gasteiger partial charge is 0.405 e. The first-order valence-electron chi connectivity index (χ1n) is 5.87. The molecular weight excluding hydrogens is 247 g/mol. The smallest absolute Gasteiger partial charge is 0.348 e. The number of hydrogen-bond acceptors (Lipinski definition) is 3. The van der Waals surface area contributed by atoms with E-state index in [1.165, 1.54) is 25.9 Å². The topological polar surface area (TPSA) is 49.6 Å². The zero-order valence-corrected chi connectivity index (χ0v) is 11.3. The average Bonchev–Trinajstić information content (AvgIpc) is 2.14. The molecule has 0 aromatic carbocycles. The molecule has 0 fully saturated rings. The minimum Gasteiger partial charge on any atom is -0.348 e. The summed E-state index contributed by atoms with van der Waals surface area (Å²) < 4.78 is 38.8. The van der Waals surface area contributed by atoms with Crippen molar-refractivity contribution >= 4 is 5.91 Å². The molecule has 0 aromatic rings. The van der Waals surface area contributed by atoms with Gasteiger partial charge in [-0.2, -0.15) is 13.2 Å². The Balaban J connectivity index is 4.99. The first-order valence-corrected chi connectivity index (χ1v) is 5.87. The van der Waals surface area contributed by atoms with Crippen LogP contribution in [0.2, 0.25) is 0 Å². The van der Waals surface area contributed by atoms with E-state index < -0.39 is 18.3 Å². The van der Waals surface area contributed by atoms with Crippen LogP contribution in [0.15, 0.2) is 0 Å². The summed E-state index contributed by atoms with van der Waals surface area (Å²) in [6, 6.07) is -2.87. The van der Waals surface area contributed by atoms with Crippen LogP contribution in [0.25, 0.3) is 0 Å². The SMILES string of the molecule is CCCN(CC(=O)N(C)C)C(C(C)N)C(F)(F)F. The number of hydrogen-bond donors (Lipinski definition) is 1. The van der Waals surface area contributed by atoms with Gasteiger partial charge in [0.25, 0.3) is 0 Å². The van der Waals surface area contributed by atoms with E-state index in [4.69, 9.17) is 5.73 Å². The monoisotopic (exact) mass is 269 g/mol. The number of carbonyl (C=O) groups excluding carboxylic acids is 1. The van der Waals surface area contributed by atoms with Gasteiger partial charge in [0.1, 0.15) is 6.04 Å². The van der Waals surface area contributed by atoms with Crippen LogP contribution >= 0.6 is 0 Å². The van der Waals surface area contributed by atoms with Gasteiger partial charge < -0.3 is 10.6 Å². The zero-order chi connectivity index (χ0) is 14.5. The summed E-state index contributed by atoms with van der Waals surface area (Å²) >= 11 is 0. The molecule has 0 saturated heterocycles. The fourth-order valence-electron chi connectivity index (χ4n) is 1.76. The van der Waals surface area contributed by atoms with E-state index in [2.05, 4.69) is 0 Å².